The molecule has 64 valence electrons. The Balaban J connectivity index is 2.77. The van der Waals surface area contributed by atoms with Crippen LogP contribution < -0.4 is 0 Å². The van der Waals surface area contributed by atoms with Crippen molar-refractivity contribution in [2.75, 3.05) is 6.61 Å². The number of cyclic esters (lactones) is 1. The molecule has 11 heavy (non-hydrogen) atoms. The predicted molar refractivity (Wildman–Crippen MR) is 43.1 cm³/mol. The molecule has 1 aliphatic rings. The van der Waals surface area contributed by atoms with E-state index in [1.54, 1.807) is 0 Å². The highest BCUT2D eigenvalue weighted by Gasteiger charge is 2.44. The second-order valence-corrected chi connectivity index (χ2v) is 4.65. The lowest BCUT2D eigenvalue weighted by Gasteiger charge is -2.35. The SMILES string of the molecule is CC(C)(C)C1(C)COC(=O)C1. The Morgan fingerprint density at radius 3 is 2.18 bits per heavy atom. The molecule has 1 heterocycles. The molecule has 1 unspecified atom stereocenters. The highest BCUT2D eigenvalue weighted by atomic mass is 16.5. The van der Waals surface area contributed by atoms with E-state index in [0.29, 0.717) is 13.0 Å². The molecule has 0 aromatic rings. The lowest BCUT2D eigenvalue weighted by Crippen LogP contribution is -2.33. The number of ether oxygens (including phenoxy) is 1. The summed E-state index contributed by atoms with van der Waals surface area (Å²) in [4.78, 5) is 10.9. The third-order valence-corrected chi connectivity index (χ3v) is 2.90. The van der Waals surface area contributed by atoms with Crippen molar-refractivity contribution in [2.24, 2.45) is 10.8 Å². The fourth-order valence-electron chi connectivity index (χ4n) is 1.14. The van der Waals surface area contributed by atoms with E-state index in [9.17, 15) is 4.79 Å². The number of hydrogen-bond acceptors (Lipinski definition) is 2. The third kappa shape index (κ3) is 1.39. The normalized spacial score (nSPS) is 32.2. The lowest BCUT2D eigenvalue weighted by atomic mass is 9.67. The number of carbonyl (C=O) groups is 1. The fourth-order valence-corrected chi connectivity index (χ4v) is 1.14. The van der Waals surface area contributed by atoms with Crippen molar-refractivity contribution >= 4 is 5.97 Å². The van der Waals surface area contributed by atoms with E-state index in [-0.39, 0.29) is 16.8 Å². The molecule has 2 nitrogen and oxygen atoms in total. The third-order valence-electron chi connectivity index (χ3n) is 2.90. The zero-order valence-corrected chi connectivity index (χ0v) is 7.73. The molecule has 0 radical (unpaired) electrons. The van der Waals surface area contributed by atoms with Crippen molar-refractivity contribution in [3.05, 3.63) is 0 Å². The van der Waals surface area contributed by atoms with Crippen molar-refractivity contribution in [1.29, 1.82) is 0 Å². The lowest BCUT2D eigenvalue weighted by molar-refractivity contribution is -0.137. The van der Waals surface area contributed by atoms with Gasteiger partial charge >= 0.3 is 5.97 Å². The van der Waals surface area contributed by atoms with Crippen LogP contribution >= 0.6 is 0 Å². The van der Waals surface area contributed by atoms with E-state index in [4.69, 9.17) is 4.74 Å². The van der Waals surface area contributed by atoms with Crippen molar-refractivity contribution in [3.8, 4) is 0 Å². The van der Waals surface area contributed by atoms with Gasteiger partial charge in [-0.3, -0.25) is 4.79 Å². The molecule has 0 bridgehead atoms. The molecule has 0 saturated carbocycles. The highest BCUT2D eigenvalue weighted by molar-refractivity contribution is 5.72. The molecule has 0 N–H and O–H groups in total. The van der Waals surface area contributed by atoms with Gasteiger partial charge < -0.3 is 4.74 Å². The molecule has 1 atom stereocenters. The van der Waals surface area contributed by atoms with Gasteiger partial charge in [-0.25, -0.2) is 0 Å². The first-order valence-corrected chi connectivity index (χ1v) is 4.01. The summed E-state index contributed by atoms with van der Waals surface area (Å²) >= 11 is 0. The zero-order valence-electron chi connectivity index (χ0n) is 7.73. The van der Waals surface area contributed by atoms with E-state index < -0.39 is 0 Å². The van der Waals surface area contributed by atoms with E-state index in [0.717, 1.165) is 0 Å². The number of carbonyl (C=O) groups excluding carboxylic acids is 1. The van der Waals surface area contributed by atoms with Crippen LogP contribution in [-0.2, 0) is 9.53 Å². The Labute approximate surface area is 67.9 Å². The minimum Gasteiger partial charge on any atom is -0.465 e. The van der Waals surface area contributed by atoms with Crippen molar-refractivity contribution in [2.45, 2.75) is 34.1 Å². The number of hydrogen-bond donors (Lipinski definition) is 0. The summed E-state index contributed by atoms with van der Waals surface area (Å²) in [5.41, 5.74) is 0.184. The second kappa shape index (κ2) is 2.23. The maximum atomic E-state index is 10.9. The molecule has 1 aliphatic heterocycles. The maximum absolute atomic E-state index is 10.9. The van der Waals surface area contributed by atoms with Gasteiger partial charge in [0.25, 0.3) is 0 Å². The first-order chi connectivity index (χ1) is 4.85. The van der Waals surface area contributed by atoms with Gasteiger partial charge in [-0.05, 0) is 5.41 Å². The maximum Gasteiger partial charge on any atom is 0.306 e. The van der Waals surface area contributed by atoms with Crippen LogP contribution in [0, 0.1) is 10.8 Å². The highest BCUT2D eigenvalue weighted by Crippen LogP contribution is 2.44. The van der Waals surface area contributed by atoms with Crippen LogP contribution in [-0.4, -0.2) is 12.6 Å². The minimum atomic E-state index is -0.0533. The molecule has 1 fully saturated rings. The molecule has 1 saturated heterocycles. The van der Waals surface area contributed by atoms with Gasteiger partial charge in [0.2, 0.25) is 0 Å². The summed E-state index contributed by atoms with van der Waals surface area (Å²) in [6.45, 7) is 9.13. The molecule has 2 heteroatoms. The van der Waals surface area contributed by atoms with Gasteiger partial charge in [-0.15, -0.1) is 0 Å². The summed E-state index contributed by atoms with van der Waals surface area (Å²) in [5, 5.41) is 0. The van der Waals surface area contributed by atoms with Gasteiger partial charge in [0, 0.05) is 5.41 Å². The van der Waals surface area contributed by atoms with Crippen LogP contribution in [0.3, 0.4) is 0 Å². The molecule has 0 aromatic carbocycles. The van der Waals surface area contributed by atoms with Crippen LogP contribution in [0.25, 0.3) is 0 Å². The zero-order chi connectivity index (χ0) is 8.70. The Kier molecular flexibility index (Phi) is 1.73. The molecule has 0 aromatic heterocycles. The second-order valence-electron chi connectivity index (χ2n) is 4.65. The quantitative estimate of drug-likeness (QED) is 0.501. The summed E-state index contributed by atoms with van der Waals surface area (Å²) < 4.78 is 4.96. The van der Waals surface area contributed by atoms with E-state index in [1.807, 2.05) is 0 Å². The van der Waals surface area contributed by atoms with Crippen LogP contribution in [0.4, 0.5) is 0 Å². The molecule has 0 amide bonds. The van der Waals surface area contributed by atoms with Gasteiger partial charge in [-0.2, -0.15) is 0 Å². The Morgan fingerprint density at radius 2 is 2.00 bits per heavy atom. The van der Waals surface area contributed by atoms with Gasteiger partial charge in [0.15, 0.2) is 0 Å². The smallest absolute Gasteiger partial charge is 0.306 e. The van der Waals surface area contributed by atoms with Crippen molar-refractivity contribution < 1.29 is 9.53 Å². The average molecular weight is 156 g/mol. The van der Waals surface area contributed by atoms with Gasteiger partial charge in [0.05, 0.1) is 13.0 Å². The fraction of sp³-hybridized carbons (Fsp3) is 0.889. The molecule has 1 rings (SSSR count). The first kappa shape index (κ1) is 8.57. The molecule has 0 spiro atoms. The summed E-state index contributed by atoms with van der Waals surface area (Å²) in [7, 11) is 0. The largest absolute Gasteiger partial charge is 0.465 e. The van der Waals surface area contributed by atoms with Crippen molar-refractivity contribution in [1.82, 2.24) is 0 Å². The average Bonchev–Trinajstić information content (AvgIpc) is 2.10. The minimum absolute atomic E-state index is 0.0318. The summed E-state index contributed by atoms with van der Waals surface area (Å²) in [6.07, 6.45) is 0.566. The van der Waals surface area contributed by atoms with Crippen LogP contribution in [0.2, 0.25) is 0 Å². The number of esters is 1. The topological polar surface area (TPSA) is 26.3 Å². The van der Waals surface area contributed by atoms with E-state index >= 15 is 0 Å². The number of rotatable bonds is 0. The Morgan fingerprint density at radius 1 is 1.45 bits per heavy atom. The Hall–Kier alpha value is -0.530. The van der Waals surface area contributed by atoms with Gasteiger partial charge in [-0.1, -0.05) is 27.7 Å². The first-order valence-electron chi connectivity index (χ1n) is 4.01. The van der Waals surface area contributed by atoms with Crippen molar-refractivity contribution in [3.63, 3.8) is 0 Å². The van der Waals surface area contributed by atoms with Gasteiger partial charge in [0.1, 0.15) is 0 Å². The summed E-state index contributed by atoms with van der Waals surface area (Å²) in [5.74, 6) is -0.0533. The van der Waals surface area contributed by atoms with Crippen LogP contribution in [0.5, 0.6) is 0 Å². The monoisotopic (exact) mass is 156 g/mol. The molecular weight excluding hydrogens is 140 g/mol. The van der Waals surface area contributed by atoms with E-state index in [1.165, 1.54) is 0 Å². The predicted octanol–water partition coefficient (Wildman–Crippen LogP) is 1.99. The van der Waals surface area contributed by atoms with Crippen LogP contribution in [0.15, 0.2) is 0 Å². The van der Waals surface area contributed by atoms with E-state index in [2.05, 4.69) is 27.7 Å². The Bertz CT molecular complexity index is 178. The standard InChI is InChI=1S/C9H16O2/c1-8(2,3)9(4)5-7(10)11-6-9/h5-6H2,1-4H3. The molecular formula is C9H16O2. The molecule has 0 aliphatic carbocycles. The summed E-state index contributed by atoms with van der Waals surface area (Å²) in [6, 6.07) is 0. The van der Waals surface area contributed by atoms with Crippen LogP contribution in [0.1, 0.15) is 34.1 Å².